The Bertz CT molecular complexity index is 3910. The highest BCUT2D eigenvalue weighted by molar-refractivity contribution is 7.18. The summed E-state index contributed by atoms with van der Waals surface area (Å²) >= 11 is 8.47. The first-order chi connectivity index (χ1) is 43.0. The third-order valence-electron chi connectivity index (χ3n) is 17.9. The molecule has 0 radical (unpaired) electrons. The van der Waals surface area contributed by atoms with Crippen LogP contribution in [0.1, 0.15) is 64.5 Å². The van der Waals surface area contributed by atoms with Crippen molar-refractivity contribution in [3.8, 4) is 56.1 Å². The van der Waals surface area contributed by atoms with Gasteiger partial charge in [-0.05, 0) is 151 Å². The summed E-state index contributed by atoms with van der Waals surface area (Å²) in [5.74, 6) is 1.92. The van der Waals surface area contributed by atoms with Crippen molar-refractivity contribution in [1.82, 2.24) is 74.5 Å². The highest BCUT2D eigenvalue weighted by Gasteiger charge is 2.45. The number of rotatable bonds is 11. The average molecular weight is 1330 g/mol. The number of urea groups is 1. The SMILES string of the molecule is CC(C)Nc1cc(-c2ccc3cc(C#N)cnn23)ncc1-c1nnc(N2C[C@H]3CC[C@@H](C2)C3N)s1.CC(C)Nc1cc(-c2ccc3cc(C#N)cnn23)ncc1-c1nnc(N2C[C@H]3CC[C@@H](C2)C3NC(=O)N2CCN(C)CC2)s1.CN1CCN(C(=O)Cl)CC1.Cl.Cl. The number of amides is 3. The molecule has 12 heterocycles. The quantitative estimate of drug-likeness (QED) is 0.0694. The summed E-state index contributed by atoms with van der Waals surface area (Å²) in [7, 11) is 4.14. The number of piperazine rings is 2. The number of likely N-dealkylation sites (N-methyl/N-ethyl adjacent to an activating group) is 2. The number of nitrogens with zero attached hydrogens (tertiary/aromatic N) is 18. The molecule has 91 heavy (non-hydrogen) atoms. The first kappa shape index (κ1) is 66.4. The normalized spacial score (nSPS) is 21.3. The summed E-state index contributed by atoms with van der Waals surface area (Å²) in [5.41, 5.74) is 16.1. The minimum atomic E-state index is -0.326. The number of carbonyl (C=O) groups is 2. The second kappa shape index (κ2) is 29.0. The Balaban J connectivity index is 0.000000173. The zero-order valence-corrected chi connectivity index (χ0v) is 55.8. The maximum absolute atomic E-state index is 13.0. The molecule has 24 nitrogen and oxygen atoms in total. The number of aromatic nitrogens is 10. The van der Waals surface area contributed by atoms with Gasteiger partial charge in [0.1, 0.15) is 12.1 Å². The molecule has 14 rings (SSSR count). The molecule has 0 spiro atoms. The molecule has 8 aromatic heterocycles. The molecule has 29 heteroatoms. The van der Waals surface area contributed by atoms with Crippen LogP contribution < -0.4 is 31.5 Å². The van der Waals surface area contributed by atoms with Crippen LogP contribution in [0.25, 0.3) is 55.0 Å². The highest BCUT2D eigenvalue weighted by atomic mass is 35.5. The van der Waals surface area contributed by atoms with Gasteiger partial charge in [0, 0.05) is 126 Å². The number of carbonyl (C=O) groups excluding carboxylic acids is 2. The van der Waals surface area contributed by atoms with Crippen LogP contribution in [-0.2, 0) is 0 Å². The van der Waals surface area contributed by atoms with E-state index < -0.39 is 0 Å². The fourth-order valence-corrected chi connectivity index (χ4v) is 15.0. The summed E-state index contributed by atoms with van der Waals surface area (Å²) in [4.78, 5) is 46.0. The van der Waals surface area contributed by atoms with Gasteiger partial charge in [-0.15, -0.1) is 45.2 Å². The van der Waals surface area contributed by atoms with Crippen molar-refractivity contribution in [1.29, 1.82) is 10.5 Å². The number of nitrogens with one attached hydrogen (secondary N) is 3. The van der Waals surface area contributed by atoms with Crippen molar-refractivity contribution in [2.45, 2.75) is 77.5 Å². The molecule has 4 bridgehead atoms. The Morgan fingerprint density at radius 2 is 1.01 bits per heavy atom. The lowest BCUT2D eigenvalue weighted by Crippen LogP contribution is -2.57. The lowest BCUT2D eigenvalue weighted by atomic mass is 9.92. The zero-order valence-electron chi connectivity index (χ0n) is 51.8. The van der Waals surface area contributed by atoms with Crippen LogP contribution in [0, 0.1) is 46.3 Å². The van der Waals surface area contributed by atoms with Crippen molar-refractivity contribution in [3.63, 3.8) is 0 Å². The predicted molar refractivity (Wildman–Crippen MR) is 363 cm³/mol. The molecule has 6 aliphatic rings. The number of fused-ring (bicyclic) bond motifs is 6. The lowest BCUT2D eigenvalue weighted by molar-refractivity contribution is 0.146. The third kappa shape index (κ3) is 14.7. The number of piperidine rings is 2. The largest absolute Gasteiger partial charge is 0.382 e. The first-order valence-electron chi connectivity index (χ1n) is 30.7. The molecule has 3 amide bonds. The fourth-order valence-electron chi connectivity index (χ4n) is 13.1. The van der Waals surface area contributed by atoms with Gasteiger partial charge in [0.15, 0.2) is 10.0 Å². The summed E-state index contributed by atoms with van der Waals surface area (Å²) in [5, 5.41) is 59.4. The highest BCUT2D eigenvalue weighted by Crippen LogP contribution is 2.43. The molecular weight excluding hydrogens is 1260 g/mol. The average Bonchev–Trinajstić information content (AvgIpc) is 1.78. The number of hydrogen-bond acceptors (Lipinski definition) is 21. The van der Waals surface area contributed by atoms with Crippen molar-refractivity contribution in [2.75, 3.05) is 113 Å². The third-order valence-corrected chi connectivity index (χ3v) is 20.2. The van der Waals surface area contributed by atoms with Crippen molar-refractivity contribution in [3.05, 3.63) is 84.4 Å². The Hall–Kier alpha value is -7.53. The smallest absolute Gasteiger partial charge is 0.317 e. The number of halogens is 3. The van der Waals surface area contributed by atoms with Gasteiger partial charge in [0.2, 0.25) is 10.3 Å². The molecule has 6 fully saturated rings. The summed E-state index contributed by atoms with van der Waals surface area (Å²) < 4.78 is 3.61. The van der Waals surface area contributed by atoms with E-state index in [0.29, 0.717) is 40.8 Å². The van der Waals surface area contributed by atoms with Crippen LogP contribution in [0.3, 0.4) is 0 Å². The Morgan fingerprint density at radius 1 is 0.593 bits per heavy atom. The van der Waals surface area contributed by atoms with Gasteiger partial charge in [-0.25, -0.2) is 13.8 Å². The van der Waals surface area contributed by atoms with Crippen molar-refractivity contribution < 1.29 is 9.59 Å². The topological polar surface area (TPSA) is 275 Å². The Labute approximate surface area is 555 Å². The number of nitriles is 2. The molecule has 8 aromatic rings. The number of anilines is 4. The van der Waals surface area contributed by atoms with Gasteiger partial charge in [-0.3, -0.25) is 14.8 Å². The Morgan fingerprint density at radius 3 is 1.43 bits per heavy atom. The van der Waals surface area contributed by atoms with Crippen LogP contribution in [0.2, 0.25) is 0 Å². The van der Waals surface area contributed by atoms with Crippen molar-refractivity contribution >= 4 is 103 Å². The first-order valence-corrected chi connectivity index (χ1v) is 32.7. The fraction of sp³-hybridized carbons (Fsp3) is 0.484. The number of hydrogen-bond donors (Lipinski definition) is 4. The molecule has 2 unspecified atom stereocenters. The molecule has 5 N–H and O–H groups in total. The Kier molecular flexibility index (Phi) is 21.1. The van der Waals surface area contributed by atoms with Gasteiger partial charge in [0.05, 0.1) is 68.5 Å². The standard InChI is InChI=1S/C31H37N11OS.C25H27N9S.C6H11ClN2O.2ClH/c1-19(2)35-25-13-26(27-7-6-23-12-20(14-32)15-34-42(23)27)33-16-24(25)29-37-38-31(44-29)41-17-21-4-5-22(18-41)28(21)36-30(43)40-10-8-39(3)9-11-40;1-14(2)30-20-8-21(22-6-5-18-7-15(9-26)10-29-34(18)22)28-11-19(20)24-31-32-25(35-24)33-12-16-3-4-17(13-33)23(16)27;1-8-2-4-9(5-3-8)6(7)10;;/h6-7,12-13,15-16,19,21-22,28H,4-5,8-11,17-18H2,1-3H3,(H,33,35)(H,36,43);5-8,10-11,14,16-17,23H,3-4,12-13,27H2,1-2H3,(H,28,30);2-5H2,1H3;2*1H/t21-,22+,28?;16-,17+,23?;;;. The lowest BCUT2D eigenvalue weighted by Gasteiger charge is -2.40. The minimum absolute atomic E-state index is 0. The van der Waals surface area contributed by atoms with E-state index in [0.717, 1.165) is 168 Å². The van der Waals surface area contributed by atoms with E-state index in [1.54, 1.807) is 49.0 Å². The molecule has 0 aromatic carbocycles. The van der Waals surface area contributed by atoms with Crippen LogP contribution in [-0.4, -0.2) is 197 Å². The van der Waals surface area contributed by atoms with E-state index >= 15 is 0 Å². The molecule has 480 valence electrons. The summed E-state index contributed by atoms with van der Waals surface area (Å²) in [6, 6.07) is 20.9. The monoisotopic (exact) mass is 1330 g/mol. The molecule has 4 aliphatic heterocycles. The van der Waals surface area contributed by atoms with Crippen LogP contribution in [0.4, 0.5) is 31.2 Å². The van der Waals surface area contributed by atoms with E-state index in [-0.39, 0.29) is 54.3 Å². The van der Waals surface area contributed by atoms with Gasteiger partial charge < -0.3 is 51.1 Å². The van der Waals surface area contributed by atoms with Gasteiger partial charge in [-0.1, -0.05) is 22.7 Å². The van der Waals surface area contributed by atoms with Crippen molar-refractivity contribution in [2.24, 2.45) is 29.4 Å². The minimum Gasteiger partial charge on any atom is -0.382 e. The number of nitrogens with two attached hydrogens (primary N) is 1. The van der Waals surface area contributed by atoms with E-state index in [9.17, 15) is 14.9 Å². The maximum Gasteiger partial charge on any atom is 0.317 e. The maximum atomic E-state index is 13.0. The summed E-state index contributed by atoms with van der Waals surface area (Å²) in [6.45, 7) is 18.9. The molecule has 6 atom stereocenters. The molecule has 2 aliphatic carbocycles. The molecule has 2 saturated carbocycles. The predicted octanol–water partition coefficient (Wildman–Crippen LogP) is 9.00. The molecular formula is C62H77Cl3N22O2S2. The summed E-state index contributed by atoms with van der Waals surface area (Å²) in [6.07, 6.45) is 11.5. The van der Waals surface area contributed by atoms with Gasteiger partial charge in [-0.2, -0.15) is 20.7 Å². The van der Waals surface area contributed by atoms with E-state index in [1.807, 2.05) is 72.9 Å². The zero-order chi connectivity index (χ0) is 62.0. The second-order valence-corrected chi connectivity index (χ2v) is 27.1. The van der Waals surface area contributed by atoms with Gasteiger partial charge >= 0.3 is 11.4 Å². The van der Waals surface area contributed by atoms with Crippen LogP contribution in [0.15, 0.2) is 73.3 Å². The molecule has 4 saturated heterocycles. The van der Waals surface area contributed by atoms with E-state index in [4.69, 9.17) is 32.6 Å². The van der Waals surface area contributed by atoms with Crippen LogP contribution >= 0.6 is 59.1 Å². The van der Waals surface area contributed by atoms with Gasteiger partial charge in [0.25, 0.3) is 0 Å². The second-order valence-electron chi connectivity index (χ2n) is 24.8. The van der Waals surface area contributed by atoms with Crippen LogP contribution in [0.5, 0.6) is 0 Å². The van der Waals surface area contributed by atoms with E-state index in [2.05, 4.69) is 113 Å². The van der Waals surface area contributed by atoms with E-state index in [1.165, 1.54) is 12.8 Å². The number of pyridine rings is 2.